The lowest BCUT2D eigenvalue weighted by Gasteiger charge is -2.45. The topological polar surface area (TPSA) is 70.6 Å². The summed E-state index contributed by atoms with van der Waals surface area (Å²) in [6, 6.07) is 13.7. The van der Waals surface area contributed by atoms with Gasteiger partial charge in [-0.1, -0.05) is 42.0 Å². The molecule has 0 aromatic heterocycles. The summed E-state index contributed by atoms with van der Waals surface area (Å²) in [4.78, 5) is 12.6. The van der Waals surface area contributed by atoms with Crippen molar-refractivity contribution in [2.45, 2.75) is 69.0 Å². The Morgan fingerprint density at radius 1 is 1.21 bits per heavy atom. The third-order valence-corrected chi connectivity index (χ3v) is 6.82. The molecule has 0 spiro atoms. The maximum Gasteiger partial charge on any atom is 0.416 e. The maximum absolute atomic E-state index is 13.3. The molecule has 2 aromatic carbocycles. The Balaban J connectivity index is 1.51. The van der Waals surface area contributed by atoms with Gasteiger partial charge in [-0.05, 0) is 62.8 Å². The van der Waals surface area contributed by atoms with Gasteiger partial charge < -0.3 is 20.5 Å². The van der Waals surface area contributed by atoms with Crippen molar-refractivity contribution in [1.82, 2.24) is 10.6 Å². The summed E-state index contributed by atoms with van der Waals surface area (Å²) in [5.74, 6) is -0.363. The van der Waals surface area contributed by atoms with Crippen LogP contribution in [-0.2, 0) is 21.2 Å². The molecule has 2 aromatic rings. The molecule has 1 aliphatic heterocycles. The number of benzene rings is 2. The highest BCUT2D eigenvalue weighted by Crippen LogP contribution is 2.37. The van der Waals surface area contributed by atoms with Crippen LogP contribution in [0, 0.1) is 6.92 Å². The molecule has 1 saturated heterocycles. The number of carbonyl (C=O) groups excluding carboxylic acids is 1. The van der Waals surface area contributed by atoms with E-state index in [4.69, 9.17) is 4.74 Å². The minimum absolute atomic E-state index is 0.0564. The van der Waals surface area contributed by atoms with Crippen LogP contribution in [0.3, 0.4) is 0 Å². The van der Waals surface area contributed by atoms with Gasteiger partial charge in [-0.25, -0.2) is 0 Å². The van der Waals surface area contributed by atoms with Crippen molar-refractivity contribution in [3.8, 4) is 0 Å². The summed E-state index contributed by atoms with van der Waals surface area (Å²) in [6.07, 6.45) is -2.47. The van der Waals surface area contributed by atoms with E-state index in [9.17, 15) is 23.1 Å². The number of piperidine rings is 1. The van der Waals surface area contributed by atoms with Crippen LogP contribution in [0.1, 0.15) is 61.0 Å². The van der Waals surface area contributed by atoms with Crippen molar-refractivity contribution in [1.29, 1.82) is 0 Å². The molecule has 2 aliphatic rings. The van der Waals surface area contributed by atoms with Crippen LogP contribution in [-0.4, -0.2) is 35.8 Å². The third kappa shape index (κ3) is 5.45. The van der Waals surface area contributed by atoms with Gasteiger partial charge in [0.25, 0.3) is 5.91 Å². The zero-order valence-corrected chi connectivity index (χ0v) is 19.4. The zero-order valence-electron chi connectivity index (χ0n) is 19.4. The predicted octanol–water partition coefficient (Wildman–Crippen LogP) is 4.38. The van der Waals surface area contributed by atoms with Crippen molar-refractivity contribution >= 4 is 5.91 Å². The summed E-state index contributed by atoms with van der Waals surface area (Å²) in [6.45, 7) is 3.59. The Kier molecular flexibility index (Phi) is 6.77. The Bertz CT molecular complexity index is 1010. The Labute approximate surface area is 197 Å². The normalized spacial score (nSPS) is 26.2. The molecule has 34 heavy (non-hydrogen) atoms. The monoisotopic (exact) mass is 476 g/mol. The number of rotatable bonds is 7. The molecule has 1 heterocycles. The highest BCUT2D eigenvalue weighted by molar-refractivity contribution is 5.86. The third-order valence-electron chi connectivity index (χ3n) is 6.82. The number of hydrogen-bond donors (Lipinski definition) is 3. The second-order valence-electron chi connectivity index (χ2n) is 9.66. The molecule has 1 saturated carbocycles. The average Bonchev–Trinajstić information content (AvgIpc) is 3.62. The van der Waals surface area contributed by atoms with Crippen molar-refractivity contribution in [3.63, 3.8) is 0 Å². The molecule has 1 unspecified atom stereocenters. The minimum atomic E-state index is -4.43. The second kappa shape index (κ2) is 9.32. The van der Waals surface area contributed by atoms with Gasteiger partial charge in [0.15, 0.2) is 5.60 Å². The van der Waals surface area contributed by atoms with Crippen LogP contribution in [0.25, 0.3) is 0 Å². The lowest BCUT2D eigenvalue weighted by Crippen LogP contribution is -2.63. The van der Waals surface area contributed by atoms with E-state index in [0.717, 1.165) is 30.5 Å². The van der Waals surface area contributed by atoms with Gasteiger partial charge >= 0.3 is 6.18 Å². The summed E-state index contributed by atoms with van der Waals surface area (Å²) < 4.78 is 46.0. The number of β-amino-alcohol motifs (C(OH)–C–C–N with tert-alkyl or cyclic N) is 1. The van der Waals surface area contributed by atoms with E-state index in [1.807, 2.05) is 30.3 Å². The number of carbonyl (C=O) groups is 1. The molecule has 2 fully saturated rings. The van der Waals surface area contributed by atoms with Gasteiger partial charge in [0.1, 0.15) is 0 Å². The largest absolute Gasteiger partial charge is 0.416 e. The number of halogens is 3. The number of amides is 1. The fourth-order valence-corrected chi connectivity index (χ4v) is 4.44. The van der Waals surface area contributed by atoms with E-state index in [1.165, 1.54) is 0 Å². The number of aliphatic hydroxyl groups is 1. The number of aryl methyl sites for hydroxylation is 1. The fourth-order valence-electron chi connectivity index (χ4n) is 4.44. The van der Waals surface area contributed by atoms with Gasteiger partial charge in [0.05, 0.1) is 23.8 Å². The Morgan fingerprint density at radius 3 is 2.50 bits per heavy atom. The average molecular weight is 477 g/mol. The van der Waals surface area contributed by atoms with Gasteiger partial charge in [-0.2, -0.15) is 13.2 Å². The van der Waals surface area contributed by atoms with Gasteiger partial charge in [0, 0.05) is 12.6 Å². The first kappa shape index (κ1) is 24.7. The van der Waals surface area contributed by atoms with Crippen LogP contribution >= 0.6 is 0 Å². The summed E-state index contributed by atoms with van der Waals surface area (Å²) in [5.41, 5.74) is -0.985. The molecular formula is C26H31F3N2O3. The molecule has 8 heteroatoms. The Hall–Kier alpha value is -2.42. The van der Waals surface area contributed by atoms with Crippen LogP contribution in [0.5, 0.6) is 0 Å². The van der Waals surface area contributed by atoms with Gasteiger partial charge in [0.2, 0.25) is 0 Å². The molecule has 184 valence electrons. The van der Waals surface area contributed by atoms with E-state index in [0.29, 0.717) is 17.5 Å². The molecule has 5 nitrogen and oxygen atoms in total. The van der Waals surface area contributed by atoms with Gasteiger partial charge in [-0.3, -0.25) is 4.79 Å². The minimum Gasteiger partial charge on any atom is -0.379 e. The van der Waals surface area contributed by atoms with Crippen molar-refractivity contribution < 1.29 is 27.8 Å². The standard InChI is InChI=1S/C26H31F3N2O3/c1-17-12-19(14-21(13-17)26(27,28)29)18(2)34-16-24(20-6-4-3-5-7-20)10-11-25(33,15-30-24)23(32)31-22-8-9-22/h3-7,12-14,18,22,30,33H,8-11,15-16H2,1-2H3,(H,31,32)/t18-,24-,25?/m1/s1. The first-order chi connectivity index (χ1) is 16.0. The van der Waals surface area contributed by atoms with E-state index < -0.39 is 29.0 Å². The van der Waals surface area contributed by atoms with Crippen LogP contribution in [0.2, 0.25) is 0 Å². The second-order valence-corrected chi connectivity index (χ2v) is 9.66. The first-order valence-corrected chi connectivity index (χ1v) is 11.7. The fraction of sp³-hybridized carbons (Fsp3) is 0.500. The zero-order chi connectivity index (χ0) is 24.6. The first-order valence-electron chi connectivity index (χ1n) is 11.7. The molecule has 1 amide bonds. The molecule has 4 rings (SSSR count). The lowest BCUT2D eigenvalue weighted by atomic mass is 9.77. The van der Waals surface area contributed by atoms with E-state index in [-0.39, 0.29) is 31.5 Å². The molecular weight excluding hydrogens is 445 g/mol. The number of hydrogen-bond acceptors (Lipinski definition) is 4. The molecule has 0 bridgehead atoms. The van der Waals surface area contributed by atoms with Crippen molar-refractivity contribution in [2.75, 3.05) is 13.2 Å². The van der Waals surface area contributed by atoms with Crippen molar-refractivity contribution in [3.05, 3.63) is 70.8 Å². The van der Waals surface area contributed by atoms with Crippen LogP contribution < -0.4 is 10.6 Å². The smallest absolute Gasteiger partial charge is 0.379 e. The quantitative estimate of drug-likeness (QED) is 0.555. The van der Waals surface area contributed by atoms with E-state index in [2.05, 4.69) is 10.6 Å². The predicted molar refractivity (Wildman–Crippen MR) is 122 cm³/mol. The number of ether oxygens (including phenoxy) is 1. The van der Waals surface area contributed by atoms with Crippen molar-refractivity contribution in [2.24, 2.45) is 0 Å². The number of alkyl halides is 3. The number of nitrogens with one attached hydrogen (secondary N) is 2. The highest BCUT2D eigenvalue weighted by Gasteiger charge is 2.47. The molecule has 3 atom stereocenters. The SMILES string of the molecule is Cc1cc([C@@H](C)OC[C@@]2(c3ccccc3)CCC(O)(C(=O)NC3CC3)CN2)cc(C(F)(F)F)c1. The molecule has 3 N–H and O–H groups in total. The van der Waals surface area contributed by atoms with Crippen LogP contribution in [0.4, 0.5) is 13.2 Å². The highest BCUT2D eigenvalue weighted by atomic mass is 19.4. The molecule has 1 aliphatic carbocycles. The summed E-state index contributed by atoms with van der Waals surface area (Å²) >= 11 is 0. The maximum atomic E-state index is 13.3. The lowest BCUT2D eigenvalue weighted by molar-refractivity contribution is -0.145. The van der Waals surface area contributed by atoms with Crippen LogP contribution in [0.15, 0.2) is 48.5 Å². The molecule has 0 radical (unpaired) electrons. The summed E-state index contributed by atoms with van der Waals surface area (Å²) in [7, 11) is 0. The van der Waals surface area contributed by atoms with E-state index >= 15 is 0 Å². The van der Waals surface area contributed by atoms with E-state index in [1.54, 1.807) is 19.9 Å². The Morgan fingerprint density at radius 2 is 1.91 bits per heavy atom. The van der Waals surface area contributed by atoms with Gasteiger partial charge in [-0.15, -0.1) is 0 Å². The summed E-state index contributed by atoms with van der Waals surface area (Å²) in [5, 5.41) is 17.2.